The highest BCUT2D eigenvalue weighted by Gasteiger charge is 2.02. The molecule has 0 aliphatic rings. The summed E-state index contributed by atoms with van der Waals surface area (Å²) in [6.45, 7) is 2.16. The molecule has 3 heteroatoms. The van der Waals surface area contributed by atoms with Crippen molar-refractivity contribution >= 4 is 59.9 Å². The van der Waals surface area contributed by atoms with Gasteiger partial charge in [-0.25, -0.2) is 0 Å². The second-order valence-electron chi connectivity index (χ2n) is 2.69. The third-order valence-corrected chi connectivity index (χ3v) is 4.15. The average Bonchev–Trinajstić information content (AvgIpc) is 2.29. The molecule has 0 aliphatic heterocycles. The van der Waals surface area contributed by atoms with E-state index in [0.717, 1.165) is 0 Å². The Kier molecular flexibility index (Phi) is 2.44. The van der Waals surface area contributed by atoms with E-state index in [9.17, 15) is 0 Å². The van der Waals surface area contributed by atoms with E-state index < -0.39 is 0 Å². The molecule has 1 aromatic carbocycles. The zero-order chi connectivity index (χ0) is 8.72. The SMILES string of the molecule is Cc1cc(I)cc2cc(Br)sc12. The lowest BCUT2D eigenvalue weighted by Crippen LogP contribution is -1.74. The lowest BCUT2D eigenvalue weighted by atomic mass is 10.2. The predicted molar refractivity (Wildman–Crippen MR) is 67.0 cm³/mol. The molecule has 0 atom stereocenters. The van der Waals surface area contributed by atoms with Crippen LogP contribution in [0.3, 0.4) is 0 Å². The van der Waals surface area contributed by atoms with Crippen LogP contribution in [-0.4, -0.2) is 0 Å². The van der Waals surface area contributed by atoms with Gasteiger partial charge in [0, 0.05) is 8.27 Å². The summed E-state index contributed by atoms with van der Waals surface area (Å²) in [5, 5.41) is 1.34. The quantitative estimate of drug-likeness (QED) is 0.609. The molecule has 2 aromatic rings. The zero-order valence-corrected chi connectivity index (χ0v) is 11.0. The first kappa shape index (κ1) is 8.97. The van der Waals surface area contributed by atoms with Gasteiger partial charge < -0.3 is 0 Å². The maximum Gasteiger partial charge on any atom is 0.0711 e. The molecule has 0 aliphatic carbocycles. The highest BCUT2D eigenvalue weighted by Crippen LogP contribution is 2.33. The van der Waals surface area contributed by atoms with Crippen LogP contribution in [0.2, 0.25) is 0 Å². The summed E-state index contributed by atoms with van der Waals surface area (Å²) in [5.41, 5.74) is 1.37. The van der Waals surface area contributed by atoms with Crippen LogP contribution < -0.4 is 0 Å². The second-order valence-corrected chi connectivity index (χ2v) is 6.37. The standard InChI is InChI=1S/C9H6BrIS/c1-5-2-7(11)3-6-4-8(10)12-9(5)6/h2-4H,1H3. The normalized spacial score (nSPS) is 10.9. The number of rotatable bonds is 0. The molecular formula is C9H6BrIS. The van der Waals surface area contributed by atoms with Crippen molar-refractivity contribution in [2.75, 3.05) is 0 Å². The van der Waals surface area contributed by atoms with Crippen molar-refractivity contribution in [3.63, 3.8) is 0 Å². The van der Waals surface area contributed by atoms with E-state index in [1.54, 1.807) is 11.3 Å². The molecule has 2 rings (SSSR count). The summed E-state index contributed by atoms with van der Waals surface area (Å²) >= 11 is 7.65. The fourth-order valence-electron chi connectivity index (χ4n) is 1.25. The monoisotopic (exact) mass is 352 g/mol. The first-order chi connectivity index (χ1) is 5.66. The summed E-state index contributed by atoms with van der Waals surface area (Å²) in [7, 11) is 0. The maximum absolute atomic E-state index is 3.50. The summed E-state index contributed by atoms with van der Waals surface area (Å²) in [6.07, 6.45) is 0. The van der Waals surface area contributed by atoms with Crippen LogP contribution in [0, 0.1) is 10.5 Å². The first-order valence-electron chi connectivity index (χ1n) is 3.52. The smallest absolute Gasteiger partial charge is 0.0711 e. The van der Waals surface area contributed by atoms with Gasteiger partial charge in [0.2, 0.25) is 0 Å². The minimum Gasteiger partial charge on any atom is -0.128 e. The van der Waals surface area contributed by atoms with Crippen LogP contribution in [0.15, 0.2) is 22.0 Å². The molecule has 0 unspecified atom stereocenters. The van der Waals surface area contributed by atoms with E-state index in [0.29, 0.717) is 0 Å². The van der Waals surface area contributed by atoms with Crippen LogP contribution in [0.25, 0.3) is 10.1 Å². The minimum atomic E-state index is 1.21. The van der Waals surface area contributed by atoms with E-state index in [4.69, 9.17) is 0 Å². The van der Waals surface area contributed by atoms with E-state index in [1.165, 1.54) is 23.0 Å². The van der Waals surface area contributed by atoms with Gasteiger partial charge in [0.1, 0.15) is 0 Å². The predicted octanol–water partition coefficient (Wildman–Crippen LogP) is 4.58. The van der Waals surface area contributed by atoms with Gasteiger partial charge in [-0.05, 0) is 74.6 Å². The van der Waals surface area contributed by atoms with Gasteiger partial charge in [0.05, 0.1) is 3.79 Å². The molecule has 0 radical (unpaired) electrons. The molecule has 0 saturated carbocycles. The molecule has 62 valence electrons. The van der Waals surface area contributed by atoms with Crippen molar-refractivity contribution in [2.24, 2.45) is 0 Å². The van der Waals surface area contributed by atoms with E-state index in [-0.39, 0.29) is 0 Å². The Morgan fingerprint density at radius 2 is 2.08 bits per heavy atom. The number of aryl methyl sites for hydroxylation is 1. The van der Waals surface area contributed by atoms with Crippen LogP contribution >= 0.6 is 49.9 Å². The van der Waals surface area contributed by atoms with Crippen molar-refractivity contribution in [1.29, 1.82) is 0 Å². The van der Waals surface area contributed by atoms with Gasteiger partial charge in [0.15, 0.2) is 0 Å². The Morgan fingerprint density at radius 3 is 2.83 bits per heavy atom. The van der Waals surface area contributed by atoms with Crippen molar-refractivity contribution in [1.82, 2.24) is 0 Å². The molecule has 12 heavy (non-hydrogen) atoms. The molecule has 0 nitrogen and oxygen atoms in total. The zero-order valence-electron chi connectivity index (χ0n) is 6.40. The summed E-state index contributed by atoms with van der Waals surface area (Å²) in [6, 6.07) is 6.60. The highest BCUT2D eigenvalue weighted by atomic mass is 127. The van der Waals surface area contributed by atoms with Gasteiger partial charge in [-0.3, -0.25) is 0 Å². The van der Waals surface area contributed by atoms with Gasteiger partial charge in [-0.2, -0.15) is 0 Å². The molecule has 1 aromatic heterocycles. The minimum absolute atomic E-state index is 1.21. The summed E-state index contributed by atoms with van der Waals surface area (Å²) < 4.78 is 3.91. The Balaban J connectivity index is 2.88. The van der Waals surface area contributed by atoms with Gasteiger partial charge in [-0.15, -0.1) is 11.3 Å². The van der Waals surface area contributed by atoms with Crippen molar-refractivity contribution in [3.05, 3.63) is 31.1 Å². The summed E-state index contributed by atoms with van der Waals surface area (Å²) in [4.78, 5) is 0. The van der Waals surface area contributed by atoms with Crippen LogP contribution in [0.4, 0.5) is 0 Å². The van der Waals surface area contributed by atoms with Crippen molar-refractivity contribution in [3.8, 4) is 0 Å². The van der Waals surface area contributed by atoms with Crippen molar-refractivity contribution in [2.45, 2.75) is 6.92 Å². The molecule has 0 N–H and O–H groups in total. The van der Waals surface area contributed by atoms with Crippen LogP contribution in [0.1, 0.15) is 5.56 Å². The Labute approximate surface area is 97.2 Å². The number of hydrogen-bond acceptors (Lipinski definition) is 1. The van der Waals surface area contributed by atoms with Crippen LogP contribution in [0.5, 0.6) is 0 Å². The van der Waals surface area contributed by atoms with Crippen molar-refractivity contribution < 1.29 is 0 Å². The van der Waals surface area contributed by atoms with Gasteiger partial charge in [0.25, 0.3) is 0 Å². The van der Waals surface area contributed by atoms with E-state index >= 15 is 0 Å². The molecule has 0 saturated heterocycles. The van der Waals surface area contributed by atoms with E-state index in [2.05, 4.69) is 63.6 Å². The Bertz CT molecular complexity index is 433. The topological polar surface area (TPSA) is 0 Å². The summed E-state index contributed by atoms with van der Waals surface area (Å²) in [5.74, 6) is 0. The van der Waals surface area contributed by atoms with Gasteiger partial charge in [-0.1, -0.05) is 0 Å². The number of hydrogen-bond donors (Lipinski definition) is 0. The lowest BCUT2D eigenvalue weighted by Gasteiger charge is -1.95. The second kappa shape index (κ2) is 3.27. The number of halogens is 2. The third kappa shape index (κ3) is 1.54. The third-order valence-electron chi connectivity index (χ3n) is 1.74. The van der Waals surface area contributed by atoms with Crippen LogP contribution in [-0.2, 0) is 0 Å². The largest absolute Gasteiger partial charge is 0.128 e. The Hall–Kier alpha value is 0.390. The first-order valence-corrected chi connectivity index (χ1v) is 6.21. The highest BCUT2D eigenvalue weighted by molar-refractivity contribution is 14.1. The Morgan fingerprint density at radius 1 is 1.33 bits per heavy atom. The maximum atomic E-state index is 3.50. The number of benzene rings is 1. The lowest BCUT2D eigenvalue weighted by molar-refractivity contribution is 1.53. The number of thiophene rings is 1. The van der Waals surface area contributed by atoms with E-state index in [1.807, 2.05) is 0 Å². The molecule has 0 bridgehead atoms. The molecule has 0 amide bonds. The molecule has 0 spiro atoms. The fraction of sp³-hybridized carbons (Fsp3) is 0.111. The molecule has 1 heterocycles. The molecular weight excluding hydrogens is 347 g/mol. The van der Waals surface area contributed by atoms with Gasteiger partial charge >= 0.3 is 0 Å². The average molecular weight is 353 g/mol. The fourth-order valence-corrected chi connectivity index (χ4v) is 3.62. The number of fused-ring (bicyclic) bond motifs is 1. The molecule has 0 fully saturated rings.